The van der Waals surface area contributed by atoms with Gasteiger partial charge in [-0.3, -0.25) is 10.1 Å². The van der Waals surface area contributed by atoms with Crippen LogP contribution in [0.15, 0.2) is 29.2 Å². The van der Waals surface area contributed by atoms with Crippen molar-refractivity contribution in [2.45, 2.75) is 18.7 Å². The molecule has 0 atom stereocenters. The third-order valence-corrected chi connectivity index (χ3v) is 3.87. The summed E-state index contributed by atoms with van der Waals surface area (Å²) in [5, 5.41) is 4.49. The third-order valence-electron chi connectivity index (χ3n) is 2.76. The highest BCUT2D eigenvalue weighted by Gasteiger charge is 2.15. The van der Waals surface area contributed by atoms with E-state index >= 15 is 0 Å². The molecule has 3 amide bonds. The zero-order chi connectivity index (χ0) is 18.3. The molecule has 1 aromatic rings. The number of carbonyl (C=O) groups excluding carboxylic acids is 3. The Morgan fingerprint density at radius 2 is 1.88 bits per heavy atom. The molecule has 0 saturated heterocycles. The predicted molar refractivity (Wildman–Crippen MR) is 86.2 cm³/mol. The molecular formula is C15H20N2O6S. The molecule has 132 valence electrons. The van der Waals surface area contributed by atoms with Gasteiger partial charge in [0.1, 0.15) is 0 Å². The second kappa shape index (κ2) is 8.44. The first-order chi connectivity index (χ1) is 11.1. The van der Waals surface area contributed by atoms with Gasteiger partial charge in [0.05, 0.1) is 10.5 Å². The molecule has 8 nitrogen and oxygen atoms in total. The second-order valence-electron chi connectivity index (χ2n) is 5.53. The fourth-order valence-electron chi connectivity index (χ4n) is 1.57. The standard InChI is InChI=1S/C15H20N2O6S/c1-10(2)8-16-15(20)17-13(18)9-23-14(19)11-5-4-6-12(7-11)24(3,21)22/h4-7,10H,8-9H2,1-3H3,(H2,16,17,18,20). The van der Waals surface area contributed by atoms with Crippen molar-refractivity contribution in [3.63, 3.8) is 0 Å². The van der Waals surface area contributed by atoms with Crippen molar-refractivity contribution in [2.24, 2.45) is 5.92 Å². The molecule has 0 unspecified atom stereocenters. The summed E-state index contributed by atoms with van der Waals surface area (Å²) in [6, 6.07) is 4.59. The van der Waals surface area contributed by atoms with Crippen molar-refractivity contribution < 1.29 is 27.5 Å². The molecule has 1 aromatic carbocycles. The Balaban J connectivity index is 2.54. The molecule has 0 aliphatic carbocycles. The largest absolute Gasteiger partial charge is 0.452 e. The van der Waals surface area contributed by atoms with Gasteiger partial charge in [0.25, 0.3) is 5.91 Å². The zero-order valence-corrected chi connectivity index (χ0v) is 14.5. The van der Waals surface area contributed by atoms with Gasteiger partial charge in [-0.25, -0.2) is 18.0 Å². The van der Waals surface area contributed by atoms with Gasteiger partial charge < -0.3 is 10.1 Å². The van der Waals surface area contributed by atoms with E-state index in [1.54, 1.807) is 0 Å². The molecule has 1 rings (SSSR count). The van der Waals surface area contributed by atoms with E-state index in [2.05, 4.69) is 5.32 Å². The van der Waals surface area contributed by atoms with Crippen molar-refractivity contribution in [1.29, 1.82) is 0 Å². The van der Waals surface area contributed by atoms with Crippen LogP contribution < -0.4 is 10.6 Å². The molecule has 0 heterocycles. The van der Waals surface area contributed by atoms with Gasteiger partial charge in [0.15, 0.2) is 16.4 Å². The summed E-state index contributed by atoms with van der Waals surface area (Å²) < 4.78 is 27.6. The van der Waals surface area contributed by atoms with Gasteiger partial charge in [0.2, 0.25) is 0 Å². The molecule has 0 aromatic heterocycles. The van der Waals surface area contributed by atoms with Crippen LogP contribution in [0.2, 0.25) is 0 Å². The van der Waals surface area contributed by atoms with Crippen molar-refractivity contribution in [1.82, 2.24) is 10.6 Å². The Kier molecular flexibility index (Phi) is 6.90. The van der Waals surface area contributed by atoms with Crippen LogP contribution >= 0.6 is 0 Å². The lowest BCUT2D eigenvalue weighted by Gasteiger charge is -2.09. The van der Waals surface area contributed by atoms with Crippen LogP contribution in [-0.2, 0) is 19.4 Å². The van der Waals surface area contributed by atoms with E-state index in [0.717, 1.165) is 12.3 Å². The molecule has 2 N–H and O–H groups in total. The number of benzene rings is 1. The molecule has 0 bridgehead atoms. The van der Waals surface area contributed by atoms with Gasteiger partial charge in [0, 0.05) is 12.8 Å². The number of ether oxygens (including phenoxy) is 1. The monoisotopic (exact) mass is 356 g/mol. The number of sulfone groups is 1. The zero-order valence-electron chi connectivity index (χ0n) is 13.7. The number of carbonyl (C=O) groups is 3. The van der Waals surface area contributed by atoms with Gasteiger partial charge in [-0.15, -0.1) is 0 Å². The third kappa shape index (κ3) is 6.78. The van der Waals surface area contributed by atoms with Crippen LogP contribution in [0.1, 0.15) is 24.2 Å². The number of nitrogens with one attached hydrogen (secondary N) is 2. The molecule has 0 spiro atoms. The summed E-state index contributed by atoms with van der Waals surface area (Å²) in [6.45, 7) is 3.54. The van der Waals surface area contributed by atoms with E-state index in [-0.39, 0.29) is 16.4 Å². The van der Waals surface area contributed by atoms with Crippen LogP contribution in [-0.4, -0.2) is 45.7 Å². The highest BCUT2D eigenvalue weighted by atomic mass is 32.2. The highest BCUT2D eigenvalue weighted by molar-refractivity contribution is 7.90. The molecule has 0 radical (unpaired) electrons. The molecule has 0 saturated carbocycles. The fraction of sp³-hybridized carbons (Fsp3) is 0.400. The average molecular weight is 356 g/mol. The SMILES string of the molecule is CC(C)CNC(=O)NC(=O)COC(=O)c1cccc(S(C)(=O)=O)c1. The molecule has 9 heteroatoms. The van der Waals surface area contributed by atoms with Crippen molar-refractivity contribution in [3.8, 4) is 0 Å². The minimum Gasteiger partial charge on any atom is -0.452 e. The van der Waals surface area contributed by atoms with Crippen molar-refractivity contribution >= 4 is 27.7 Å². The normalized spacial score (nSPS) is 11.0. The number of hydrogen-bond acceptors (Lipinski definition) is 6. The van der Waals surface area contributed by atoms with E-state index < -0.39 is 34.4 Å². The highest BCUT2D eigenvalue weighted by Crippen LogP contribution is 2.12. The first-order valence-corrected chi connectivity index (χ1v) is 9.03. The fourth-order valence-corrected chi connectivity index (χ4v) is 2.24. The molecule has 24 heavy (non-hydrogen) atoms. The van der Waals surface area contributed by atoms with Crippen LogP contribution in [0, 0.1) is 5.92 Å². The Bertz CT molecular complexity index is 727. The average Bonchev–Trinajstić information content (AvgIpc) is 2.50. The number of esters is 1. The maximum absolute atomic E-state index is 11.8. The van der Waals surface area contributed by atoms with E-state index in [4.69, 9.17) is 4.74 Å². The smallest absolute Gasteiger partial charge is 0.338 e. The van der Waals surface area contributed by atoms with E-state index in [9.17, 15) is 22.8 Å². The summed E-state index contributed by atoms with van der Waals surface area (Å²) in [5.74, 6) is -1.42. The second-order valence-corrected chi connectivity index (χ2v) is 7.54. The van der Waals surface area contributed by atoms with Gasteiger partial charge in [-0.05, 0) is 24.1 Å². The van der Waals surface area contributed by atoms with E-state index in [1.807, 2.05) is 19.2 Å². The first-order valence-electron chi connectivity index (χ1n) is 7.14. The summed E-state index contributed by atoms with van der Waals surface area (Å²) >= 11 is 0. The lowest BCUT2D eigenvalue weighted by atomic mass is 10.2. The molecule has 0 fully saturated rings. The summed E-state index contributed by atoms with van der Waals surface area (Å²) in [7, 11) is -3.46. The topological polar surface area (TPSA) is 119 Å². The van der Waals surface area contributed by atoms with Crippen LogP contribution in [0.3, 0.4) is 0 Å². The Hall–Kier alpha value is -2.42. The lowest BCUT2D eigenvalue weighted by Crippen LogP contribution is -2.42. The summed E-state index contributed by atoms with van der Waals surface area (Å²) in [5.41, 5.74) is -0.00464. The van der Waals surface area contributed by atoms with Crippen molar-refractivity contribution in [2.75, 3.05) is 19.4 Å². The number of imide groups is 1. The minimum atomic E-state index is -3.46. The number of hydrogen-bond donors (Lipinski definition) is 2. The van der Waals surface area contributed by atoms with E-state index in [0.29, 0.717) is 6.54 Å². The lowest BCUT2D eigenvalue weighted by molar-refractivity contribution is -0.123. The number of rotatable bonds is 6. The molecular weight excluding hydrogens is 336 g/mol. The maximum atomic E-state index is 11.8. The quantitative estimate of drug-likeness (QED) is 0.725. The van der Waals surface area contributed by atoms with Crippen LogP contribution in [0.5, 0.6) is 0 Å². The maximum Gasteiger partial charge on any atom is 0.338 e. The van der Waals surface area contributed by atoms with Crippen molar-refractivity contribution in [3.05, 3.63) is 29.8 Å². The Morgan fingerprint density at radius 1 is 1.21 bits per heavy atom. The predicted octanol–water partition coefficient (Wildman–Crippen LogP) is 0.729. The first kappa shape index (κ1) is 19.6. The van der Waals surface area contributed by atoms with Gasteiger partial charge in [-0.1, -0.05) is 19.9 Å². The van der Waals surface area contributed by atoms with E-state index in [1.165, 1.54) is 18.2 Å². The minimum absolute atomic E-state index is 0.00464. The van der Waals surface area contributed by atoms with Crippen LogP contribution in [0.25, 0.3) is 0 Å². The van der Waals surface area contributed by atoms with Gasteiger partial charge >= 0.3 is 12.0 Å². The molecule has 0 aliphatic heterocycles. The summed E-state index contributed by atoms with van der Waals surface area (Å²) in [6.07, 6.45) is 1.01. The number of urea groups is 1. The Labute approximate surface area is 140 Å². The Morgan fingerprint density at radius 3 is 2.46 bits per heavy atom. The molecule has 0 aliphatic rings. The number of amides is 3. The van der Waals surface area contributed by atoms with Crippen LogP contribution in [0.4, 0.5) is 4.79 Å². The summed E-state index contributed by atoms with van der Waals surface area (Å²) in [4.78, 5) is 34.7. The van der Waals surface area contributed by atoms with Gasteiger partial charge in [-0.2, -0.15) is 0 Å².